The molecule has 0 saturated heterocycles. The van der Waals surface area contributed by atoms with Crippen molar-refractivity contribution in [2.45, 2.75) is 33.6 Å². The van der Waals surface area contributed by atoms with Gasteiger partial charge in [-0.25, -0.2) is 4.79 Å². The summed E-state index contributed by atoms with van der Waals surface area (Å²) in [5, 5.41) is 2.88. The van der Waals surface area contributed by atoms with Crippen molar-refractivity contribution < 1.29 is 14.3 Å². The average molecular weight is 306 g/mol. The van der Waals surface area contributed by atoms with Crippen molar-refractivity contribution in [2.24, 2.45) is 0 Å². The van der Waals surface area contributed by atoms with Gasteiger partial charge in [0.15, 0.2) is 0 Å². The Hall–Kier alpha value is -1.88. The van der Waals surface area contributed by atoms with Crippen molar-refractivity contribution >= 4 is 17.6 Å². The van der Waals surface area contributed by atoms with E-state index >= 15 is 0 Å². The molecule has 1 rings (SSSR count). The highest BCUT2D eigenvalue weighted by Crippen LogP contribution is 2.17. The van der Waals surface area contributed by atoms with Crippen LogP contribution >= 0.6 is 0 Å². The van der Waals surface area contributed by atoms with Gasteiger partial charge in [0.05, 0.1) is 19.2 Å². The van der Waals surface area contributed by atoms with Crippen molar-refractivity contribution in [3.63, 3.8) is 0 Å². The summed E-state index contributed by atoms with van der Waals surface area (Å²) in [6.07, 6.45) is 2.19. The minimum atomic E-state index is -0.409. The van der Waals surface area contributed by atoms with Gasteiger partial charge < -0.3 is 10.1 Å². The van der Waals surface area contributed by atoms with E-state index < -0.39 is 5.97 Å². The van der Waals surface area contributed by atoms with Crippen molar-refractivity contribution in [2.75, 3.05) is 32.1 Å². The number of benzene rings is 1. The Morgan fingerprint density at radius 2 is 2.00 bits per heavy atom. The number of rotatable bonds is 8. The molecule has 5 nitrogen and oxygen atoms in total. The number of ether oxygens (including phenoxy) is 1. The number of anilines is 1. The van der Waals surface area contributed by atoms with Gasteiger partial charge in [0, 0.05) is 5.69 Å². The van der Waals surface area contributed by atoms with Crippen LogP contribution in [-0.4, -0.2) is 43.5 Å². The van der Waals surface area contributed by atoms with Gasteiger partial charge in [0.2, 0.25) is 5.91 Å². The van der Waals surface area contributed by atoms with Crippen LogP contribution in [-0.2, 0) is 9.53 Å². The Morgan fingerprint density at radius 3 is 2.59 bits per heavy atom. The SMILES string of the molecule is CCCCN(CC)CC(=O)Nc1cc(C(=O)OC)ccc1C. The van der Waals surface area contributed by atoms with Gasteiger partial charge in [-0.15, -0.1) is 0 Å². The molecule has 0 aliphatic carbocycles. The number of carbonyl (C=O) groups excluding carboxylic acids is 2. The molecule has 0 fully saturated rings. The number of esters is 1. The number of hydrogen-bond donors (Lipinski definition) is 1. The number of unbranched alkanes of at least 4 members (excludes halogenated alkanes) is 1. The van der Waals surface area contributed by atoms with Crippen LogP contribution in [0.4, 0.5) is 5.69 Å². The van der Waals surface area contributed by atoms with Gasteiger partial charge in [-0.1, -0.05) is 26.3 Å². The molecule has 0 atom stereocenters. The summed E-state index contributed by atoms with van der Waals surface area (Å²) in [7, 11) is 1.34. The summed E-state index contributed by atoms with van der Waals surface area (Å²) in [4.78, 5) is 25.9. The van der Waals surface area contributed by atoms with E-state index in [0.29, 0.717) is 17.8 Å². The standard InChI is InChI=1S/C17H26N2O3/c1-5-7-10-19(6-2)12-16(20)18-15-11-14(17(21)22-4)9-8-13(15)3/h8-9,11H,5-7,10,12H2,1-4H3,(H,18,20). The Morgan fingerprint density at radius 1 is 1.27 bits per heavy atom. The third-order valence-electron chi connectivity index (χ3n) is 3.58. The highest BCUT2D eigenvalue weighted by Gasteiger charge is 2.12. The Kier molecular flexibility index (Phi) is 7.60. The molecule has 1 aromatic carbocycles. The molecule has 1 N–H and O–H groups in total. The first kappa shape index (κ1) is 18.2. The fraction of sp³-hybridized carbons (Fsp3) is 0.529. The number of likely N-dealkylation sites (N-methyl/N-ethyl adjacent to an activating group) is 1. The second-order valence-corrected chi connectivity index (χ2v) is 5.29. The molecule has 0 radical (unpaired) electrons. The molecule has 22 heavy (non-hydrogen) atoms. The number of aryl methyl sites for hydroxylation is 1. The van der Waals surface area contributed by atoms with Crippen LogP contribution < -0.4 is 5.32 Å². The van der Waals surface area contributed by atoms with Gasteiger partial charge in [0.25, 0.3) is 0 Å². The second-order valence-electron chi connectivity index (χ2n) is 5.29. The summed E-state index contributed by atoms with van der Waals surface area (Å²) in [6, 6.07) is 5.15. The quantitative estimate of drug-likeness (QED) is 0.750. The zero-order valence-corrected chi connectivity index (χ0v) is 13.9. The lowest BCUT2D eigenvalue weighted by molar-refractivity contribution is -0.117. The summed E-state index contributed by atoms with van der Waals surface area (Å²) in [5.74, 6) is -0.475. The fourth-order valence-corrected chi connectivity index (χ4v) is 2.13. The smallest absolute Gasteiger partial charge is 0.337 e. The first-order chi connectivity index (χ1) is 10.5. The van der Waals surface area contributed by atoms with Crippen molar-refractivity contribution in [1.29, 1.82) is 0 Å². The lowest BCUT2D eigenvalue weighted by Gasteiger charge is -2.20. The van der Waals surface area contributed by atoms with E-state index in [2.05, 4.69) is 17.1 Å². The molecule has 1 amide bonds. The maximum atomic E-state index is 12.2. The molecule has 122 valence electrons. The van der Waals surface area contributed by atoms with E-state index in [4.69, 9.17) is 4.74 Å². The van der Waals surface area contributed by atoms with Crippen molar-refractivity contribution in [3.8, 4) is 0 Å². The number of carbonyl (C=O) groups is 2. The molecule has 5 heteroatoms. The number of nitrogens with one attached hydrogen (secondary N) is 1. The lowest BCUT2D eigenvalue weighted by atomic mass is 10.1. The Labute approximate surface area is 132 Å². The fourth-order valence-electron chi connectivity index (χ4n) is 2.13. The number of amides is 1. The molecule has 0 bridgehead atoms. The minimum Gasteiger partial charge on any atom is -0.465 e. The van der Waals surface area contributed by atoms with E-state index in [1.54, 1.807) is 18.2 Å². The maximum Gasteiger partial charge on any atom is 0.337 e. The predicted molar refractivity (Wildman–Crippen MR) is 88.2 cm³/mol. The van der Waals surface area contributed by atoms with Gasteiger partial charge in [-0.05, 0) is 44.1 Å². The van der Waals surface area contributed by atoms with E-state index in [1.807, 2.05) is 13.8 Å². The molecule has 0 heterocycles. The molecule has 0 aromatic heterocycles. The number of nitrogens with zero attached hydrogens (tertiary/aromatic N) is 1. The third-order valence-corrected chi connectivity index (χ3v) is 3.58. The van der Waals surface area contributed by atoms with Gasteiger partial charge in [0.1, 0.15) is 0 Å². The first-order valence-corrected chi connectivity index (χ1v) is 7.73. The maximum absolute atomic E-state index is 12.2. The largest absolute Gasteiger partial charge is 0.465 e. The van der Waals surface area contributed by atoms with E-state index in [0.717, 1.165) is 31.5 Å². The third kappa shape index (κ3) is 5.48. The van der Waals surface area contributed by atoms with Crippen molar-refractivity contribution in [1.82, 2.24) is 4.90 Å². The predicted octanol–water partition coefficient (Wildman–Crippen LogP) is 2.84. The van der Waals surface area contributed by atoms with E-state index in [-0.39, 0.29) is 5.91 Å². The average Bonchev–Trinajstić information content (AvgIpc) is 2.52. The van der Waals surface area contributed by atoms with Gasteiger partial charge in [-0.2, -0.15) is 0 Å². The molecule has 0 aliphatic rings. The molecule has 0 unspecified atom stereocenters. The van der Waals surface area contributed by atoms with E-state index in [9.17, 15) is 9.59 Å². The number of methoxy groups -OCH3 is 1. The zero-order valence-electron chi connectivity index (χ0n) is 13.9. The molecular weight excluding hydrogens is 280 g/mol. The van der Waals surface area contributed by atoms with Crippen LogP contribution in [0.3, 0.4) is 0 Å². The summed E-state index contributed by atoms with van der Waals surface area (Å²) in [6.45, 7) is 8.20. The molecular formula is C17H26N2O3. The van der Waals surface area contributed by atoms with Crippen molar-refractivity contribution in [3.05, 3.63) is 29.3 Å². The van der Waals surface area contributed by atoms with Gasteiger partial charge >= 0.3 is 5.97 Å². The van der Waals surface area contributed by atoms with E-state index in [1.165, 1.54) is 7.11 Å². The Balaban J connectivity index is 2.72. The zero-order chi connectivity index (χ0) is 16.5. The molecule has 0 saturated carbocycles. The topological polar surface area (TPSA) is 58.6 Å². The van der Waals surface area contributed by atoms with Crippen LogP contribution in [0.2, 0.25) is 0 Å². The number of hydrogen-bond acceptors (Lipinski definition) is 4. The van der Waals surface area contributed by atoms with Gasteiger partial charge in [-0.3, -0.25) is 9.69 Å². The summed E-state index contributed by atoms with van der Waals surface area (Å²) >= 11 is 0. The van der Waals surface area contributed by atoms with Crippen LogP contribution in [0.15, 0.2) is 18.2 Å². The van der Waals surface area contributed by atoms with Crippen LogP contribution in [0.1, 0.15) is 42.6 Å². The van der Waals surface area contributed by atoms with Crippen LogP contribution in [0.25, 0.3) is 0 Å². The Bertz CT molecular complexity index is 515. The minimum absolute atomic E-state index is 0.0666. The summed E-state index contributed by atoms with van der Waals surface area (Å²) < 4.78 is 4.70. The summed E-state index contributed by atoms with van der Waals surface area (Å²) in [5.41, 5.74) is 2.00. The normalized spacial score (nSPS) is 10.6. The molecule has 0 spiro atoms. The molecule has 1 aromatic rings. The molecule has 0 aliphatic heterocycles. The monoisotopic (exact) mass is 306 g/mol. The van der Waals surface area contributed by atoms with Crippen LogP contribution in [0.5, 0.6) is 0 Å². The van der Waals surface area contributed by atoms with Crippen LogP contribution in [0, 0.1) is 6.92 Å². The highest BCUT2D eigenvalue weighted by atomic mass is 16.5. The lowest BCUT2D eigenvalue weighted by Crippen LogP contribution is -2.34. The highest BCUT2D eigenvalue weighted by molar-refractivity contribution is 5.96. The second kappa shape index (κ2) is 9.20. The first-order valence-electron chi connectivity index (χ1n) is 7.73.